The highest BCUT2D eigenvalue weighted by Gasteiger charge is 2.36. The first kappa shape index (κ1) is 16.1. The van der Waals surface area contributed by atoms with Crippen molar-refractivity contribution in [3.63, 3.8) is 0 Å². The fraction of sp³-hybridized carbons (Fsp3) is 0.312. The van der Waals surface area contributed by atoms with E-state index in [0.717, 1.165) is 11.8 Å². The SMILES string of the molecule is Cc1cc(NC(=O)C2CC(=O)N(c3ccc(F)cc3F)C2)n(C)n1. The number of anilines is 2. The fourth-order valence-corrected chi connectivity index (χ4v) is 2.77. The smallest absolute Gasteiger partial charge is 0.230 e. The molecule has 1 saturated heterocycles. The van der Waals surface area contributed by atoms with Crippen LogP contribution in [0.4, 0.5) is 20.3 Å². The van der Waals surface area contributed by atoms with Crippen LogP contribution in [0.5, 0.6) is 0 Å². The summed E-state index contributed by atoms with van der Waals surface area (Å²) < 4.78 is 28.4. The zero-order valence-electron chi connectivity index (χ0n) is 13.2. The zero-order valence-corrected chi connectivity index (χ0v) is 13.2. The van der Waals surface area contributed by atoms with Crippen LogP contribution in [0.3, 0.4) is 0 Å². The maximum absolute atomic E-state index is 13.9. The van der Waals surface area contributed by atoms with E-state index < -0.39 is 17.6 Å². The average molecular weight is 334 g/mol. The third-order valence-electron chi connectivity index (χ3n) is 3.95. The van der Waals surface area contributed by atoms with Crippen molar-refractivity contribution in [2.45, 2.75) is 13.3 Å². The minimum atomic E-state index is -0.827. The summed E-state index contributed by atoms with van der Waals surface area (Å²) in [5, 5.41) is 6.85. The molecule has 1 aliphatic rings. The summed E-state index contributed by atoms with van der Waals surface area (Å²) in [7, 11) is 1.70. The number of hydrogen-bond donors (Lipinski definition) is 1. The first-order valence-electron chi connectivity index (χ1n) is 7.42. The molecule has 1 fully saturated rings. The maximum atomic E-state index is 13.9. The molecule has 0 radical (unpaired) electrons. The molecule has 126 valence electrons. The number of aryl methyl sites for hydroxylation is 2. The van der Waals surface area contributed by atoms with Gasteiger partial charge in [0, 0.05) is 32.1 Å². The second-order valence-electron chi connectivity index (χ2n) is 5.78. The molecular formula is C16H16F2N4O2. The third kappa shape index (κ3) is 2.99. The summed E-state index contributed by atoms with van der Waals surface area (Å²) in [6, 6.07) is 4.71. The molecule has 1 aliphatic heterocycles. The van der Waals surface area contributed by atoms with Crippen LogP contribution in [0.1, 0.15) is 12.1 Å². The predicted octanol–water partition coefficient (Wildman–Crippen LogP) is 2.00. The molecule has 0 aliphatic carbocycles. The lowest BCUT2D eigenvalue weighted by atomic mass is 10.1. The van der Waals surface area contributed by atoms with Gasteiger partial charge in [-0.05, 0) is 19.1 Å². The van der Waals surface area contributed by atoms with E-state index in [2.05, 4.69) is 10.4 Å². The number of nitrogens with one attached hydrogen (secondary N) is 1. The molecule has 3 rings (SSSR count). The molecule has 6 nitrogen and oxygen atoms in total. The van der Waals surface area contributed by atoms with Crippen molar-refractivity contribution in [1.29, 1.82) is 0 Å². The lowest BCUT2D eigenvalue weighted by molar-refractivity contribution is -0.122. The van der Waals surface area contributed by atoms with E-state index in [1.54, 1.807) is 20.0 Å². The van der Waals surface area contributed by atoms with E-state index in [-0.39, 0.29) is 30.5 Å². The van der Waals surface area contributed by atoms with Gasteiger partial charge in [0.25, 0.3) is 0 Å². The van der Waals surface area contributed by atoms with E-state index in [4.69, 9.17) is 0 Å². The quantitative estimate of drug-likeness (QED) is 0.933. The second kappa shape index (κ2) is 6.03. The Morgan fingerprint density at radius 2 is 2.08 bits per heavy atom. The molecule has 1 atom stereocenters. The van der Waals surface area contributed by atoms with E-state index in [9.17, 15) is 18.4 Å². The Morgan fingerprint density at radius 1 is 1.33 bits per heavy atom. The van der Waals surface area contributed by atoms with Crippen molar-refractivity contribution >= 4 is 23.3 Å². The Hall–Kier alpha value is -2.77. The van der Waals surface area contributed by atoms with Gasteiger partial charge in [0.2, 0.25) is 11.8 Å². The Bertz CT molecular complexity index is 818. The van der Waals surface area contributed by atoms with Gasteiger partial charge in [-0.15, -0.1) is 0 Å². The van der Waals surface area contributed by atoms with Gasteiger partial charge in [-0.25, -0.2) is 8.78 Å². The van der Waals surface area contributed by atoms with Gasteiger partial charge in [0.15, 0.2) is 0 Å². The molecule has 2 aromatic rings. The van der Waals surface area contributed by atoms with Gasteiger partial charge in [-0.2, -0.15) is 5.10 Å². The van der Waals surface area contributed by atoms with Crippen LogP contribution >= 0.6 is 0 Å². The molecule has 0 bridgehead atoms. The van der Waals surface area contributed by atoms with Gasteiger partial charge in [-0.1, -0.05) is 0 Å². The van der Waals surface area contributed by atoms with E-state index in [1.165, 1.54) is 15.6 Å². The number of carbonyl (C=O) groups excluding carboxylic acids is 2. The molecule has 1 unspecified atom stereocenters. The molecular weight excluding hydrogens is 318 g/mol. The summed E-state index contributed by atoms with van der Waals surface area (Å²) in [5.41, 5.74) is 0.735. The van der Waals surface area contributed by atoms with Crippen molar-refractivity contribution in [3.8, 4) is 0 Å². The lowest BCUT2D eigenvalue weighted by Crippen LogP contribution is -2.29. The molecule has 1 aromatic carbocycles. The van der Waals surface area contributed by atoms with Crippen molar-refractivity contribution in [1.82, 2.24) is 9.78 Å². The van der Waals surface area contributed by atoms with Crippen LogP contribution < -0.4 is 10.2 Å². The maximum Gasteiger partial charge on any atom is 0.230 e. The number of amides is 2. The number of benzene rings is 1. The summed E-state index contributed by atoms with van der Waals surface area (Å²) in [6.07, 6.45) is -0.0283. The van der Waals surface area contributed by atoms with Crippen molar-refractivity contribution in [2.24, 2.45) is 13.0 Å². The largest absolute Gasteiger partial charge is 0.311 e. The summed E-state index contributed by atoms with van der Waals surface area (Å²) in [5.74, 6) is -2.35. The minimum absolute atomic E-state index is 0.0203. The molecule has 0 saturated carbocycles. The van der Waals surface area contributed by atoms with Crippen LogP contribution in [0.15, 0.2) is 24.3 Å². The Labute approximate surface area is 137 Å². The minimum Gasteiger partial charge on any atom is -0.311 e. The van der Waals surface area contributed by atoms with Crippen LogP contribution in [-0.2, 0) is 16.6 Å². The number of hydrogen-bond acceptors (Lipinski definition) is 3. The lowest BCUT2D eigenvalue weighted by Gasteiger charge is -2.17. The van der Waals surface area contributed by atoms with Gasteiger partial charge in [0.05, 0.1) is 17.3 Å². The zero-order chi connectivity index (χ0) is 17.4. The molecule has 0 spiro atoms. The fourth-order valence-electron chi connectivity index (χ4n) is 2.77. The second-order valence-corrected chi connectivity index (χ2v) is 5.78. The highest BCUT2D eigenvalue weighted by Crippen LogP contribution is 2.28. The number of aromatic nitrogens is 2. The van der Waals surface area contributed by atoms with Crippen molar-refractivity contribution in [2.75, 3.05) is 16.8 Å². The average Bonchev–Trinajstić information content (AvgIpc) is 3.02. The third-order valence-corrected chi connectivity index (χ3v) is 3.95. The molecule has 1 N–H and O–H groups in total. The first-order chi connectivity index (χ1) is 11.3. The standard InChI is InChI=1S/C16H16F2N4O2/c1-9-5-14(21(2)20-9)19-16(24)10-6-15(23)22(8-10)13-4-3-11(17)7-12(13)18/h3-5,7,10H,6,8H2,1-2H3,(H,19,24). The summed E-state index contributed by atoms with van der Waals surface area (Å²) in [6.45, 7) is 1.85. The summed E-state index contributed by atoms with van der Waals surface area (Å²) >= 11 is 0. The highest BCUT2D eigenvalue weighted by atomic mass is 19.1. The van der Waals surface area contributed by atoms with Crippen LogP contribution in [0.2, 0.25) is 0 Å². The molecule has 24 heavy (non-hydrogen) atoms. The number of halogens is 2. The number of rotatable bonds is 3. The van der Waals surface area contributed by atoms with E-state index in [0.29, 0.717) is 11.9 Å². The molecule has 2 heterocycles. The van der Waals surface area contributed by atoms with Gasteiger partial charge in [-0.3, -0.25) is 14.3 Å². The van der Waals surface area contributed by atoms with E-state index in [1.807, 2.05) is 0 Å². The Balaban J connectivity index is 1.74. The van der Waals surface area contributed by atoms with E-state index >= 15 is 0 Å². The molecule has 1 aromatic heterocycles. The Morgan fingerprint density at radius 3 is 2.71 bits per heavy atom. The highest BCUT2D eigenvalue weighted by molar-refractivity contribution is 6.03. The number of nitrogens with zero attached hydrogens (tertiary/aromatic N) is 3. The van der Waals surface area contributed by atoms with Crippen LogP contribution in [-0.4, -0.2) is 28.1 Å². The van der Waals surface area contributed by atoms with Crippen molar-refractivity contribution < 1.29 is 18.4 Å². The van der Waals surface area contributed by atoms with Gasteiger partial charge in [0.1, 0.15) is 17.5 Å². The predicted molar refractivity (Wildman–Crippen MR) is 83.4 cm³/mol. The summed E-state index contributed by atoms with van der Waals surface area (Å²) in [4.78, 5) is 25.6. The number of carbonyl (C=O) groups is 2. The van der Waals surface area contributed by atoms with Crippen LogP contribution in [0.25, 0.3) is 0 Å². The van der Waals surface area contributed by atoms with Gasteiger partial charge < -0.3 is 10.2 Å². The Kier molecular flexibility index (Phi) is 4.04. The molecule has 8 heteroatoms. The topological polar surface area (TPSA) is 67.2 Å². The van der Waals surface area contributed by atoms with Gasteiger partial charge >= 0.3 is 0 Å². The van der Waals surface area contributed by atoms with Crippen LogP contribution in [0, 0.1) is 24.5 Å². The first-order valence-corrected chi connectivity index (χ1v) is 7.42. The van der Waals surface area contributed by atoms with Crippen molar-refractivity contribution in [3.05, 3.63) is 41.6 Å². The molecule has 2 amide bonds. The normalized spacial score (nSPS) is 17.4. The monoisotopic (exact) mass is 334 g/mol.